The maximum absolute atomic E-state index is 4.85. The van der Waals surface area contributed by atoms with E-state index in [0.29, 0.717) is 12.6 Å². The van der Waals surface area contributed by atoms with Crippen molar-refractivity contribution in [3.8, 4) is 0 Å². The molecule has 1 saturated carbocycles. The van der Waals surface area contributed by atoms with Gasteiger partial charge in [-0.25, -0.2) is 4.99 Å². The minimum atomic E-state index is 0.481. The third-order valence-corrected chi connectivity index (χ3v) is 7.70. The van der Waals surface area contributed by atoms with Crippen LogP contribution in [0.15, 0.2) is 22.5 Å². The molecule has 0 bridgehead atoms. The van der Waals surface area contributed by atoms with Crippen molar-refractivity contribution in [3.05, 3.63) is 34.0 Å². The number of aromatic nitrogens is 3. The number of likely N-dealkylation sites (tertiary alicyclic amines) is 1. The maximum atomic E-state index is 4.85. The summed E-state index contributed by atoms with van der Waals surface area (Å²) >= 11 is 1.81. The molecule has 31 heavy (non-hydrogen) atoms. The fourth-order valence-corrected chi connectivity index (χ4v) is 5.41. The van der Waals surface area contributed by atoms with Crippen molar-refractivity contribution in [2.75, 3.05) is 19.6 Å². The molecule has 7 nitrogen and oxygen atoms in total. The zero-order valence-corrected chi connectivity index (χ0v) is 19.8. The molecule has 0 atom stereocenters. The topological polar surface area (TPSA) is 70.4 Å². The predicted octanol–water partition coefficient (Wildman–Crippen LogP) is 3.26. The SMILES string of the molecule is Cc1nnc(CN=C(NCCc2cccs2)NC2CCN(C3CCCCC3)CC2)n1C. The van der Waals surface area contributed by atoms with Crippen LogP contribution >= 0.6 is 11.3 Å². The molecule has 0 aromatic carbocycles. The number of aryl methyl sites for hydroxylation is 1. The molecule has 8 heteroatoms. The molecular formula is C23H37N7S. The smallest absolute Gasteiger partial charge is 0.191 e. The fraction of sp³-hybridized carbons (Fsp3) is 0.696. The van der Waals surface area contributed by atoms with E-state index in [1.54, 1.807) is 0 Å². The summed E-state index contributed by atoms with van der Waals surface area (Å²) in [6.07, 6.45) is 10.4. The molecule has 2 fully saturated rings. The van der Waals surface area contributed by atoms with E-state index in [-0.39, 0.29) is 0 Å². The minimum absolute atomic E-state index is 0.481. The molecule has 0 amide bonds. The Balaban J connectivity index is 1.32. The summed E-state index contributed by atoms with van der Waals surface area (Å²) in [5.41, 5.74) is 0. The highest BCUT2D eigenvalue weighted by Crippen LogP contribution is 2.25. The molecule has 1 saturated heterocycles. The van der Waals surface area contributed by atoms with Gasteiger partial charge in [0, 0.05) is 43.6 Å². The number of nitrogens with zero attached hydrogens (tertiary/aromatic N) is 5. The third kappa shape index (κ3) is 6.29. The van der Waals surface area contributed by atoms with Crippen LogP contribution in [0.25, 0.3) is 0 Å². The minimum Gasteiger partial charge on any atom is -0.356 e. The van der Waals surface area contributed by atoms with Gasteiger partial charge in [-0.15, -0.1) is 21.5 Å². The summed E-state index contributed by atoms with van der Waals surface area (Å²) < 4.78 is 2.01. The Kier molecular flexibility index (Phi) is 7.97. The molecule has 4 rings (SSSR count). The summed E-state index contributed by atoms with van der Waals surface area (Å²) in [6.45, 7) is 5.79. The van der Waals surface area contributed by atoms with Crippen molar-refractivity contribution in [2.24, 2.45) is 12.0 Å². The van der Waals surface area contributed by atoms with Gasteiger partial charge in [0.25, 0.3) is 0 Å². The fourth-order valence-electron chi connectivity index (χ4n) is 4.70. The van der Waals surface area contributed by atoms with Gasteiger partial charge in [-0.3, -0.25) is 0 Å². The van der Waals surface area contributed by atoms with Crippen LogP contribution in [0.1, 0.15) is 61.5 Å². The van der Waals surface area contributed by atoms with Gasteiger partial charge in [-0.05, 0) is 50.5 Å². The standard InChI is InChI=1S/C23H37N7S/c1-18-27-28-22(29(18)2)17-25-23(24-13-10-21-9-6-16-31-21)26-19-11-14-30(15-12-19)20-7-4-3-5-8-20/h6,9,16,19-20H,3-5,7-8,10-15,17H2,1-2H3,(H2,24,25,26). The summed E-state index contributed by atoms with van der Waals surface area (Å²) in [4.78, 5) is 8.99. The van der Waals surface area contributed by atoms with E-state index in [4.69, 9.17) is 4.99 Å². The van der Waals surface area contributed by atoms with Crippen LogP contribution < -0.4 is 10.6 Å². The number of piperidine rings is 1. The van der Waals surface area contributed by atoms with Crippen LogP contribution in [-0.2, 0) is 20.0 Å². The highest BCUT2D eigenvalue weighted by atomic mass is 32.1. The van der Waals surface area contributed by atoms with Crippen LogP contribution in [-0.4, -0.2) is 57.3 Å². The number of guanidine groups is 1. The lowest BCUT2D eigenvalue weighted by molar-refractivity contribution is 0.119. The van der Waals surface area contributed by atoms with E-state index in [2.05, 4.69) is 43.2 Å². The highest BCUT2D eigenvalue weighted by Gasteiger charge is 2.26. The normalized spacial score (nSPS) is 19.6. The van der Waals surface area contributed by atoms with Gasteiger partial charge in [0.1, 0.15) is 12.4 Å². The second kappa shape index (κ2) is 11.1. The van der Waals surface area contributed by atoms with Gasteiger partial charge >= 0.3 is 0 Å². The summed E-state index contributed by atoms with van der Waals surface area (Å²) in [5.74, 6) is 2.71. The second-order valence-electron chi connectivity index (χ2n) is 8.89. The number of thiophene rings is 1. The molecule has 2 aliphatic rings. The number of hydrogen-bond acceptors (Lipinski definition) is 5. The lowest BCUT2D eigenvalue weighted by atomic mass is 9.92. The third-order valence-electron chi connectivity index (χ3n) is 6.77. The largest absolute Gasteiger partial charge is 0.356 e. The highest BCUT2D eigenvalue weighted by molar-refractivity contribution is 7.09. The van der Waals surface area contributed by atoms with E-state index in [1.807, 2.05) is 29.9 Å². The number of nitrogens with one attached hydrogen (secondary N) is 2. The molecule has 0 unspecified atom stereocenters. The zero-order chi connectivity index (χ0) is 21.5. The van der Waals surface area contributed by atoms with E-state index in [1.165, 1.54) is 62.9 Å². The van der Waals surface area contributed by atoms with Crippen molar-refractivity contribution in [2.45, 2.75) is 76.9 Å². The molecule has 2 aromatic heterocycles. The van der Waals surface area contributed by atoms with E-state index in [0.717, 1.165) is 36.6 Å². The molecule has 0 spiro atoms. The van der Waals surface area contributed by atoms with Gasteiger partial charge in [-0.1, -0.05) is 25.3 Å². The summed E-state index contributed by atoms with van der Waals surface area (Å²) in [7, 11) is 2.00. The molecule has 170 valence electrons. The Morgan fingerprint density at radius 3 is 2.65 bits per heavy atom. The molecule has 0 radical (unpaired) electrons. The second-order valence-corrected chi connectivity index (χ2v) is 9.92. The van der Waals surface area contributed by atoms with E-state index >= 15 is 0 Å². The van der Waals surface area contributed by atoms with Gasteiger partial charge < -0.3 is 20.1 Å². The first-order valence-electron chi connectivity index (χ1n) is 11.8. The lowest BCUT2D eigenvalue weighted by Gasteiger charge is -2.39. The molecular weight excluding hydrogens is 406 g/mol. The Morgan fingerprint density at radius 1 is 1.16 bits per heavy atom. The van der Waals surface area contributed by atoms with Crippen molar-refractivity contribution < 1.29 is 0 Å². The van der Waals surface area contributed by atoms with Crippen LogP contribution in [0.5, 0.6) is 0 Å². The number of rotatable bonds is 7. The Morgan fingerprint density at radius 2 is 1.97 bits per heavy atom. The number of aliphatic imine (C=N–C) groups is 1. The quantitative estimate of drug-likeness (QED) is 0.508. The molecule has 1 aliphatic heterocycles. The Hall–Kier alpha value is -1.93. The van der Waals surface area contributed by atoms with E-state index in [9.17, 15) is 0 Å². The summed E-state index contributed by atoms with van der Waals surface area (Å²) in [6, 6.07) is 5.61. The maximum Gasteiger partial charge on any atom is 0.191 e. The molecule has 2 aromatic rings. The van der Waals surface area contributed by atoms with Crippen LogP contribution in [0, 0.1) is 6.92 Å². The first-order valence-corrected chi connectivity index (χ1v) is 12.7. The van der Waals surface area contributed by atoms with Crippen molar-refractivity contribution in [1.82, 2.24) is 30.3 Å². The first-order chi connectivity index (χ1) is 15.2. The van der Waals surface area contributed by atoms with Gasteiger partial charge in [0.2, 0.25) is 0 Å². The molecule has 1 aliphatic carbocycles. The van der Waals surface area contributed by atoms with Crippen molar-refractivity contribution in [3.63, 3.8) is 0 Å². The first kappa shape index (κ1) is 22.3. The van der Waals surface area contributed by atoms with Crippen molar-refractivity contribution in [1.29, 1.82) is 0 Å². The van der Waals surface area contributed by atoms with Crippen LogP contribution in [0.4, 0.5) is 0 Å². The Labute approximate surface area is 190 Å². The molecule has 2 N–H and O–H groups in total. The molecule has 3 heterocycles. The summed E-state index contributed by atoms with van der Waals surface area (Å²) in [5, 5.41) is 17.8. The van der Waals surface area contributed by atoms with E-state index < -0.39 is 0 Å². The number of hydrogen-bond donors (Lipinski definition) is 2. The monoisotopic (exact) mass is 443 g/mol. The van der Waals surface area contributed by atoms with Crippen LogP contribution in [0.3, 0.4) is 0 Å². The van der Waals surface area contributed by atoms with Gasteiger partial charge in [0.15, 0.2) is 11.8 Å². The zero-order valence-electron chi connectivity index (χ0n) is 19.0. The van der Waals surface area contributed by atoms with Crippen molar-refractivity contribution >= 4 is 17.3 Å². The van der Waals surface area contributed by atoms with Gasteiger partial charge in [0.05, 0.1) is 0 Å². The lowest BCUT2D eigenvalue weighted by Crippen LogP contribution is -2.51. The average molecular weight is 444 g/mol. The van der Waals surface area contributed by atoms with Gasteiger partial charge in [-0.2, -0.15) is 0 Å². The predicted molar refractivity (Wildman–Crippen MR) is 128 cm³/mol. The Bertz CT molecular complexity index is 815. The average Bonchev–Trinajstić information content (AvgIpc) is 3.43. The van der Waals surface area contributed by atoms with Crippen LogP contribution in [0.2, 0.25) is 0 Å².